The Kier molecular flexibility index (Phi) is 7.78. The number of rotatable bonds is 3. The highest BCUT2D eigenvalue weighted by Gasteiger charge is 2.27. The van der Waals surface area contributed by atoms with Gasteiger partial charge in [0.25, 0.3) is 0 Å². The fraction of sp³-hybridized carbons (Fsp3) is 0.579. The number of hydrogen-bond donors (Lipinski definition) is 0. The van der Waals surface area contributed by atoms with Crippen molar-refractivity contribution >= 4 is 17.8 Å². The number of anilines is 1. The lowest BCUT2D eigenvalue weighted by Crippen LogP contribution is -2.37. The largest absolute Gasteiger partial charge is 0.466 e. The van der Waals surface area contributed by atoms with Gasteiger partial charge in [0.1, 0.15) is 5.82 Å². The summed E-state index contributed by atoms with van der Waals surface area (Å²) >= 11 is 0. The zero-order chi connectivity index (χ0) is 19.0. The Labute approximate surface area is 148 Å². The van der Waals surface area contributed by atoms with Crippen molar-refractivity contribution in [2.45, 2.75) is 46.0 Å². The Bertz CT molecular complexity index is 610. The van der Waals surface area contributed by atoms with E-state index in [0.29, 0.717) is 25.4 Å². The second-order valence-electron chi connectivity index (χ2n) is 7.01. The van der Waals surface area contributed by atoms with Crippen LogP contribution in [0.4, 0.5) is 10.1 Å². The van der Waals surface area contributed by atoms with Crippen LogP contribution in [-0.2, 0) is 24.5 Å². The summed E-state index contributed by atoms with van der Waals surface area (Å²) in [5.74, 6) is -0.346. The van der Waals surface area contributed by atoms with Gasteiger partial charge in [-0.1, -0.05) is 26.8 Å². The molecule has 138 valence electrons. The monoisotopic (exact) mass is 351 g/mol. The first kappa shape index (κ1) is 20.8. The van der Waals surface area contributed by atoms with Gasteiger partial charge in [0, 0.05) is 13.1 Å². The zero-order valence-corrected chi connectivity index (χ0v) is 15.3. The molecule has 0 aromatic heterocycles. The normalized spacial score (nSPS) is 15.0. The first-order chi connectivity index (χ1) is 11.7. The van der Waals surface area contributed by atoms with Gasteiger partial charge in [0.2, 0.25) is 0 Å². The highest BCUT2D eigenvalue weighted by molar-refractivity contribution is 5.73. The molecule has 6 heteroatoms. The van der Waals surface area contributed by atoms with Gasteiger partial charge < -0.3 is 9.64 Å². The number of carbonyl (C=O) groups excluding carboxylic acids is 3. The van der Waals surface area contributed by atoms with E-state index in [2.05, 4.69) is 20.8 Å². The van der Waals surface area contributed by atoms with Crippen molar-refractivity contribution in [3.8, 4) is 0 Å². The van der Waals surface area contributed by atoms with Crippen LogP contribution >= 0.6 is 0 Å². The highest BCUT2D eigenvalue weighted by Crippen LogP contribution is 2.30. The Morgan fingerprint density at radius 2 is 1.84 bits per heavy atom. The van der Waals surface area contributed by atoms with Gasteiger partial charge in [-0.25, -0.2) is 4.39 Å². The predicted octanol–water partition coefficient (Wildman–Crippen LogP) is 3.32. The third kappa shape index (κ3) is 5.98. The number of halogens is 1. The number of nitrogens with zero attached hydrogens (tertiary/aromatic N) is 1. The molecule has 1 saturated heterocycles. The summed E-state index contributed by atoms with van der Waals surface area (Å²) < 4.78 is 19.5. The van der Waals surface area contributed by atoms with Crippen LogP contribution in [0, 0.1) is 11.7 Å². The lowest BCUT2D eigenvalue weighted by atomic mass is 9.87. The zero-order valence-electron chi connectivity index (χ0n) is 15.3. The molecule has 0 radical (unpaired) electrons. The molecule has 0 aliphatic carbocycles. The number of carbonyl (C=O) groups is 1. The van der Waals surface area contributed by atoms with Crippen LogP contribution in [0.15, 0.2) is 18.2 Å². The minimum Gasteiger partial charge on any atom is -0.466 e. The Balaban J connectivity index is 0.000000970. The third-order valence-corrected chi connectivity index (χ3v) is 4.27. The van der Waals surface area contributed by atoms with E-state index < -0.39 is 0 Å². The molecule has 1 heterocycles. The molecule has 0 N–H and O–H groups in total. The lowest BCUT2D eigenvalue weighted by Gasteiger charge is -2.33. The van der Waals surface area contributed by atoms with Gasteiger partial charge in [0.05, 0.1) is 18.2 Å². The topological polar surface area (TPSA) is 63.7 Å². The van der Waals surface area contributed by atoms with Crippen LogP contribution in [0.3, 0.4) is 0 Å². The van der Waals surface area contributed by atoms with Crippen molar-refractivity contribution in [1.82, 2.24) is 0 Å². The number of hydrogen-bond acceptors (Lipinski definition) is 5. The molecule has 5 nitrogen and oxygen atoms in total. The fourth-order valence-electron chi connectivity index (χ4n) is 2.85. The van der Waals surface area contributed by atoms with E-state index in [1.807, 2.05) is 24.0 Å². The molecule has 0 amide bonds. The summed E-state index contributed by atoms with van der Waals surface area (Å²) in [5.41, 5.74) is 1.57. The molecular formula is C19H26FNO4. The molecule has 25 heavy (non-hydrogen) atoms. The van der Waals surface area contributed by atoms with E-state index in [4.69, 9.17) is 14.3 Å². The van der Waals surface area contributed by atoms with Crippen LogP contribution in [0.2, 0.25) is 0 Å². The van der Waals surface area contributed by atoms with Crippen molar-refractivity contribution in [2.75, 3.05) is 24.6 Å². The van der Waals surface area contributed by atoms with Crippen molar-refractivity contribution in [3.63, 3.8) is 0 Å². The first-order valence-electron chi connectivity index (χ1n) is 8.45. The van der Waals surface area contributed by atoms with E-state index in [9.17, 15) is 9.18 Å². The quantitative estimate of drug-likeness (QED) is 0.782. The summed E-state index contributed by atoms with van der Waals surface area (Å²) in [7, 11) is 0. The molecule has 1 aliphatic heterocycles. The second-order valence-corrected chi connectivity index (χ2v) is 7.01. The van der Waals surface area contributed by atoms with Crippen LogP contribution in [0.1, 0.15) is 46.1 Å². The molecule has 1 aliphatic rings. The Morgan fingerprint density at radius 3 is 2.28 bits per heavy atom. The molecule has 2 rings (SSSR count). The van der Waals surface area contributed by atoms with Gasteiger partial charge in [0.15, 0.2) is 0 Å². The van der Waals surface area contributed by atoms with E-state index in [-0.39, 0.29) is 29.3 Å². The average Bonchev–Trinajstić information content (AvgIpc) is 2.55. The van der Waals surface area contributed by atoms with Crippen LogP contribution in [0.25, 0.3) is 0 Å². The average molecular weight is 351 g/mol. The minimum atomic E-state index is -0.179. The molecule has 0 saturated carbocycles. The van der Waals surface area contributed by atoms with Gasteiger partial charge in [-0.2, -0.15) is 9.59 Å². The molecule has 1 fully saturated rings. The maximum atomic E-state index is 14.4. The molecule has 0 unspecified atom stereocenters. The van der Waals surface area contributed by atoms with Crippen molar-refractivity contribution in [2.24, 2.45) is 5.92 Å². The Hall–Kier alpha value is -2.20. The van der Waals surface area contributed by atoms with E-state index in [1.165, 1.54) is 0 Å². The molecule has 0 atom stereocenters. The van der Waals surface area contributed by atoms with Gasteiger partial charge >= 0.3 is 12.1 Å². The smallest absolute Gasteiger partial charge is 0.373 e. The molecule has 1 aromatic carbocycles. The minimum absolute atomic E-state index is 0.0480. The molecule has 1 aromatic rings. The summed E-state index contributed by atoms with van der Waals surface area (Å²) in [6.45, 7) is 9.84. The van der Waals surface area contributed by atoms with Crippen molar-refractivity contribution in [3.05, 3.63) is 29.6 Å². The number of benzene rings is 1. The predicted molar refractivity (Wildman–Crippen MR) is 91.7 cm³/mol. The summed E-state index contributed by atoms with van der Waals surface area (Å²) in [5, 5.41) is 0. The van der Waals surface area contributed by atoms with Crippen LogP contribution in [-0.4, -0.2) is 31.8 Å². The van der Waals surface area contributed by atoms with E-state index in [1.54, 1.807) is 6.07 Å². The SMILES string of the molecule is CCOC(=O)C1CCN(c2ccc(C(C)(C)C)cc2F)CC1.O=C=O. The summed E-state index contributed by atoms with van der Waals surface area (Å²) in [6, 6.07) is 5.49. The maximum Gasteiger partial charge on any atom is 0.373 e. The lowest BCUT2D eigenvalue weighted by molar-refractivity contribution is -0.191. The number of ether oxygens (including phenoxy) is 1. The number of esters is 1. The van der Waals surface area contributed by atoms with Gasteiger partial charge in [-0.05, 0) is 42.9 Å². The highest BCUT2D eigenvalue weighted by atomic mass is 19.1. The van der Waals surface area contributed by atoms with Gasteiger partial charge in [-0.15, -0.1) is 0 Å². The van der Waals surface area contributed by atoms with E-state index in [0.717, 1.165) is 18.4 Å². The van der Waals surface area contributed by atoms with Crippen LogP contribution in [0.5, 0.6) is 0 Å². The second kappa shape index (κ2) is 9.33. The fourth-order valence-corrected chi connectivity index (χ4v) is 2.85. The first-order valence-corrected chi connectivity index (χ1v) is 8.45. The van der Waals surface area contributed by atoms with Gasteiger partial charge in [-0.3, -0.25) is 4.79 Å². The Morgan fingerprint density at radius 1 is 1.28 bits per heavy atom. The summed E-state index contributed by atoms with van der Waals surface area (Å²) in [4.78, 5) is 30.0. The van der Waals surface area contributed by atoms with E-state index >= 15 is 0 Å². The maximum absolute atomic E-state index is 14.4. The molecular weight excluding hydrogens is 325 g/mol. The summed E-state index contributed by atoms with van der Waals surface area (Å²) in [6.07, 6.45) is 1.69. The molecule has 0 bridgehead atoms. The standard InChI is InChI=1S/C18H26FNO2.CO2/c1-5-22-17(21)13-8-10-20(11-9-13)16-7-6-14(12-15(16)19)18(2,3)4;2-1-3/h6-7,12-13H,5,8-11H2,1-4H3;. The number of piperidine rings is 1. The van der Waals surface area contributed by atoms with Crippen molar-refractivity contribution < 1.29 is 23.5 Å². The van der Waals surface area contributed by atoms with Crippen molar-refractivity contribution in [1.29, 1.82) is 0 Å². The van der Waals surface area contributed by atoms with Crippen LogP contribution < -0.4 is 4.90 Å². The third-order valence-electron chi connectivity index (χ3n) is 4.27. The molecule has 0 spiro atoms.